The van der Waals surface area contributed by atoms with E-state index in [1.807, 2.05) is 56.3 Å². The number of morpholine rings is 1. The quantitative estimate of drug-likeness (QED) is 0.327. The summed E-state index contributed by atoms with van der Waals surface area (Å²) in [5.74, 6) is -0.154. The van der Waals surface area contributed by atoms with Gasteiger partial charge >= 0.3 is 0 Å². The Morgan fingerprint density at radius 1 is 0.976 bits per heavy atom. The lowest BCUT2D eigenvalue weighted by Gasteiger charge is -2.32. The van der Waals surface area contributed by atoms with Crippen molar-refractivity contribution in [2.75, 3.05) is 39.5 Å². The van der Waals surface area contributed by atoms with E-state index in [1.54, 1.807) is 12.1 Å². The molecule has 42 heavy (non-hydrogen) atoms. The number of carbonyl (C=O) groups excluding carboxylic acids is 2. The lowest BCUT2D eigenvalue weighted by atomic mass is 10.0. The fraction of sp³-hybridized carbons (Fsp3) is 0.355. The molecule has 0 bridgehead atoms. The van der Waals surface area contributed by atoms with Crippen LogP contribution in [-0.4, -0.2) is 68.9 Å². The van der Waals surface area contributed by atoms with Crippen molar-refractivity contribution in [2.24, 2.45) is 5.92 Å². The van der Waals surface area contributed by atoms with Gasteiger partial charge in [-0.05, 0) is 53.4 Å². The standard InChI is InChI=1S/C31H36ClN3O6S/c1-23(2)20-33-31(37)30(25-6-4-3-5-7-25)35(21-24-8-10-26(32)11-9-24)29(36)22-41-27-12-14-28(15-13-27)42(38,39)34-16-18-40-19-17-34/h3-15,23,30H,16-22H2,1-2H3,(H,33,37)/t30-/m1/s1. The van der Waals surface area contributed by atoms with Crippen molar-refractivity contribution in [1.29, 1.82) is 0 Å². The van der Waals surface area contributed by atoms with Crippen molar-refractivity contribution in [2.45, 2.75) is 31.3 Å². The van der Waals surface area contributed by atoms with Gasteiger partial charge in [0, 0.05) is 31.2 Å². The van der Waals surface area contributed by atoms with E-state index < -0.39 is 22.0 Å². The smallest absolute Gasteiger partial charge is 0.261 e. The Kier molecular flexibility index (Phi) is 11.0. The van der Waals surface area contributed by atoms with Crippen LogP contribution in [0.15, 0.2) is 83.8 Å². The molecule has 1 aliphatic heterocycles. The zero-order chi connectivity index (χ0) is 30.1. The Morgan fingerprint density at radius 2 is 1.62 bits per heavy atom. The third-order valence-corrected chi connectivity index (χ3v) is 8.91. The molecule has 9 nitrogen and oxygen atoms in total. The number of carbonyl (C=O) groups is 2. The molecule has 0 saturated carbocycles. The highest BCUT2D eigenvalue weighted by atomic mass is 35.5. The van der Waals surface area contributed by atoms with E-state index in [-0.39, 0.29) is 29.9 Å². The maximum atomic E-state index is 13.8. The number of hydrogen-bond acceptors (Lipinski definition) is 6. The molecule has 0 aromatic heterocycles. The van der Waals surface area contributed by atoms with Gasteiger partial charge in [-0.2, -0.15) is 4.31 Å². The van der Waals surface area contributed by atoms with Crippen LogP contribution in [0, 0.1) is 5.92 Å². The van der Waals surface area contributed by atoms with Gasteiger partial charge < -0.3 is 19.7 Å². The molecule has 0 radical (unpaired) electrons. The van der Waals surface area contributed by atoms with Gasteiger partial charge in [-0.3, -0.25) is 9.59 Å². The molecule has 1 fully saturated rings. The Morgan fingerprint density at radius 3 is 2.24 bits per heavy atom. The summed E-state index contributed by atoms with van der Waals surface area (Å²) < 4.78 is 38.3. The molecule has 1 saturated heterocycles. The second-order valence-corrected chi connectivity index (χ2v) is 12.8. The molecular formula is C31H36ClN3O6S. The van der Waals surface area contributed by atoms with Gasteiger partial charge in [-0.15, -0.1) is 0 Å². The molecule has 1 aliphatic rings. The first-order valence-corrected chi connectivity index (χ1v) is 15.6. The zero-order valence-corrected chi connectivity index (χ0v) is 25.3. The Balaban J connectivity index is 1.55. The number of benzene rings is 3. The van der Waals surface area contributed by atoms with Crippen LogP contribution >= 0.6 is 11.6 Å². The summed E-state index contributed by atoms with van der Waals surface area (Å²) in [6, 6.07) is 21.3. The Hall–Kier alpha value is -3.44. The fourth-order valence-corrected chi connectivity index (χ4v) is 6.03. The number of halogens is 1. The molecule has 0 spiro atoms. The summed E-state index contributed by atoms with van der Waals surface area (Å²) >= 11 is 6.08. The van der Waals surface area contributed by atoms with Crippen molar-refractivity contribution in [1.82, 2.24) is 14.5 Å². The number of sulfonamides is 1. The van der Waals surface area contributed by atoms with Crippen LogP contribution in [0.4, 0.5) is 0 Å². The van der Waals surface area contributed by atoms with Crippen molar-refractivity contribution in [3.63, 3.8) is 0 Å². The predicted octanol–water partition coefficient (Wildman–Crippen LogP) is 4.28. The molecule has 1 atom stereocenters. The molecule has 3 aromatic rings. The number of amides is 2. The number of ether oxygens (including phenoxy) is 2. The average Bonchev–Trinajstić information content (AvgIpc) is 3.00. The third kappa shape index (κ3) is 8.32. The van der Waals surface area contributed by atoms with Gasteiger partial charge in [-0.1, -0.05) is 67.9 Å². The second kappa shape index (κ2) is 14.6. The lowest BCUT2D eigenvalue weighted by molar-refractivity contribution is -0.143. The summed E-state index contributed by atoms with van der Waals surface area (Å²) in [5, 5.41) is 3.53. The van der Waals surface area contributed by atoms with E-state index in [0.717, 1.165) is 5.56 Å². The van der Waals surface area contributed by atoms with Crippen LogP contribution in [0.5, 0.6) is 5.75 Å². The first kappa shape index (κ1) is 31.5. The predicted molar refractivity (Wildman–Crippen MR) is 161 cm³/mol. The van der Waals surface area contributed by atoms with E-state index in [2.05, 4.69) is 5.32 Å². The minimum atomic E-state index is -3.66. The van der Waals surface area contributed by atoms with Crippen molar-refractivity contribution in [3.8, 4) is 5.75 Å². The highest BCUT2D eigenvalue weighted by Crippen LogP contribution is 2.26. The average molecular weight is 614 g/mol. The molecule has 11 heteroatoms. The third-order valence-electron chi connectivity index (χ3n) is 6.74. The van der Waals surface area contributed by atoms with Crippen molar-refractivity contribution < 1.29 is 27.5 Å². The van der Waals surface area contributed by atoms with Crippen LogP contribution in [0.25, 0.3) is 0 Å². The summed E-state index contributed by atoms with van der Waals surface area (Å²) in [6.45, 7) is 5.55. The van der Waals surface area contributed by atoms with Crippen molar-refractivity contribution in [3.05, 3.63) is 95.0 Å². The summed E-state index contributed by atoms with van der Waals surface area (Å²) in [7, 11) is -3.66. The molecule has 0 unspecified atom stereocenters. The van der Waals surface area contributed by atoms with E-state index in [9.17, 15) is 18.0 Å². The molecule has 0 aliphatic carbocycles. The fourth-order valence-electron chi connectivity index (χ4n) is 4.49. The van der Waals surface area contributed by atoms with Gasteiger partial charge in [0.05, 0.1) is 18.1 Å². The largest absolute Gasteiger partial charge is 0.484 e. The lowest BCUT2D eigenvalue weighted by Crippen LogP contribution is -2.45. The summed E-state index contributed by atoms with van der Waals surface area (Å²) in [6.07, 6.45) is 0. The van der Waals surface area contributed by atoms with Gasteiger partial charge in [-0.25, -0.2) is 8.42 Å². The minimum Gasteiger partial charge on any atom is -0.484 e. The van der Waals surface area contributed by atoms with Crippen LogP contribution in [0.1, 0.15) is 31.0 Å². The highest BCUT2D eigenvalue weighted by Gasteiger charge is 2.32. The van der Waals surface area contributed by atoms with E-state index >= 15 is 0 Å². The first-order chi connectivity index (χ1) is 20.1. The summed E-state index contributed by atoms with van der Waals surface area (Å²) in [5.41, 5.74) is 1.46. The van der Waals surface area contributed by atoms with Crippen molar-refractivity contribution >= 4 is 33.4 Å². The van der Waals surface area contributed by atoms with Gasteiger partial charge in [0.2, 0.25) is 15.9 Å². The second-order valence-electron chi connectivity index (χ2n) is 10.4. The SMILES string of the molecule is CC(C)CNC(=O)[C@@H](c1ccccc1)N(Cc1ccc(Cl)cc1)C(=O)COc1ccc(S(=O)(=O)N2CCOCC2)cc1. The molecular weight excluding hydrogens is 578 g/mol. The normalized spacial score (nSPS) is 14.8. The molecule has 2 amide bonds. The number of hydrogen-bond donors (Lipinski definition) is 1. The number of nitrogens with one attached hydrogen (secondary N) is 1. The highest BCUT2D eigenvalue weighted by molar-refractivity contribution is 7.89. The minimum absolute atomic E-state index is 0.137. The monoisotopic (exact) mass is 613 g/mol. The van der Waals surface area contributed by atoms with Gasteiger partial charge in [0.1, 0.15) is 11.8 Å². The van der Waals surface area contributed by atoms with E-state index in [1.165, 1.54) is 33.5 Å². The summed E-state index contributed by atoms with van der Waals surface area (Å²) in [4.78, 5) is 28.9. The van der Waals surface area contributed by atoms with Gasteiger partial charge in [0.15, 0.2) is 6.61 Å². The van der Waals surface area contributed by atoms with Crippen LogP contribution in [-0.2, 0) is 30.9 Å². The zero-order valence-electron chi connectivity index (χ0n) is 23.7. The topological polar surface area (TPSA) is 105 Å². The first-order valence-electron chi connectivity index (χ1n) is 13.8. The molecule has 1 heterocycles. The van der Waals surface area contributed by atoms with Crippen LogP contribution in [0.3, 0.4) is 0 Å². The molecule has 4 rings (SSSR count). The Labute approximate surface area is 252 Å². The molecule has 3 aromatic carbocycles. The van der Waals surface area contributed by atoms with Crippen LogP contribution < -0.4 is 10.1 Å². The van der Waals surface area contributed by atoms with Gasteiger partial charge in [0.25, 0.3) is 5.91 Å². The van der Waals surface area contributed by atoms with E-state index in [0.29, 0.717) is 49.2 Å². The van der Waals surface area contributed by atoms with Crippen LogP contribution in [0.2, 0.25) is 5.02 Å². The maximum absolute atomic E-state index is 13.8. The maximum Gasteiger partial charge on any atom is 0.261 e. The number of rotatable bonds is 12. The number of nitrogens with zero attached hydrogens (tertiary/aromatic N) is 2. The Bertz CT molecular complexity index is 1430. The molecule has 1 N–H and O–H groups in total. The molecule has 224 valence electrons. The van der Waals surface area contributed by atoms with E-state index in [4.69, 9.17) is 21.1 Å².